The summed E-state index contributed by atoms with van der Waals surface area (Å²) in [6.45, 7) is 2.35. The van der Waals surface area contributed by atoms with E-state index >= 15 is 0 Å². The number of nitrogens with zero attached hydrogens (tertiary/aromatic N) is 2. The zero-order valence-corrected chi connectivity index (χ0v) is 14.5. The lowest BCUT2D eigenvalue weighted by Crippen LogP contribution is -2.46. The molecule has 0 N–H and O–H groups in total. The minimum absolute atomic E-state index is 0.110. The van der Waals surface area contributed by atoms with Gasteiger partial charge in [-0.3, -0.25) is 4.79 Å². The highest BCUT2D eigenvalue weighted by molar-refractivity contribution is 7.89. The number of amides is 1. The van der Waals surface area contributed by atoms with Crippen LogP contribution in [0.2, 0.25) is 5.02 Å². The van der Waals surface area contributed by atoms with Crippen LogP contribution in [0.4, 0.5) is 0 Å². The van der Waals surface area contributed by atoms with Crippen LogP contribution in [0, 0.1) is 5.92 Å². The van der Waals surface area contributed by atoms with Crippen molar-refractivity contribution in [3.8, 4) is 0 Å². The first-order valence-electron chi connectivity index (χ1n) is 8.03. The molecule has 0 saturated carbocycles. The molecule has 2 heterocycles. The van der Waals surface area contributed by atoms with E-state index < -0.39 is 10.0 Å². The van der Waals surface area contributed by atoms with Crippen LogP contribution in [0.25, 0.3) is 0 Å². The normalized spacial score (nSPS) is 23.2. The van der Waals surface area contributed by atoms with E-state index in [9.17, 15) is 13.2 Å². The molecule has 3 rings (SSSR count). The van der Waals surface area contributed by atoms with Gasteiger partial charge in [-0.15, -0.1) is 0 Å². The molecule has 2 aliphatic rings. The number of rotatable bonds is 3. The second-order valence-corrected chi connectivity index (χ2v) is 8.56. The Kier molecular flexibility index (Phi) is 4.94. The number of carbonyl (C=O) groups is 1. The highest BCUT2D eigenvalue weighted by atomic mass is 35.5. The molecule has 0 unspecified atom stereocenters. The van der Waals surface area contributed by atoms with E-state index in [1.807, 2.05) is 4.90 Å². The van der Waals surface area contributed by atoms with Gasteiger partial charge in [0.05, 0.1) is 10.8 Å². The Bertz CT molecular complexity index is 669. The van der Waals surface area contributed by atoms with Gasteiger partial charge >= 0.3 is 0 Å². The fourth-order valence-corrected chi connectivity index (χ4v) is 4.96. The first-order valence-corrected chi connectivity index (χ1v) is 9.85. The Morgan fingerprint density at radius 2 is 1.70 bits per heavy atom. The summed E-state index contributed by atoms with van der Waals surface area (Å²) in [6, 6.07) is 6.18. The molecule has 0 aliphatic carbocycles. The third-order valence-corrected chi connectivity index (χ3v) is 6.73. The van der Waals surface area contributed by atoms with Gasteiger partial charge in [0.25, 0.3) is 0 Å². The first kappa shape index (κ1) is 16.7. The van der Waals surface area contributed by atoms with Crippen LogP contribution in [-0.4, -0.2) is 49.7 Å². The third-order valence-electron chi connectivity index (χ3n) is 4.60. The fourth-order valence-electron chi connectivity index (χ4n) is 3.31. The molecule has 1 aromatic rings. The summed E-state index contributed by atoms with van der Waals surface area (Å²) in [5.74, 6) is -0.109. The number of sulfonamides is 1. The van der Waals surface area contributed by atoms with Gasteiger partial charge in [0.15, 0.2) is 0 Å². The number of piperidine rings is 1. The van der Waals surface area contributed by atoms with Crippen molar-refractivity contribution < 1.29 is 13.2 Å². The molecule has 0 aromatic heterocycles. The van der Waals surface area contributed by atoms with Gasteiger partial charge in [0.2, 0.25) is 15.9 Å². The highest BCUT2D eigenvalue weighted by Gasteiger charge is 2.35. The second-order valence-electron chi connectivity index (χ2n) is 6.19. The summed E-state index contributed by atoms with van der Waals surface area (Å²) >= 11 is 5.83. The molecule has 0 radical (unpaired) electrons. The maximum absolute atomic E-state index is 12.7. The van der Waals surface area contributed by atoms with Crippen molar-refractivity contribution in [3.63, 3.8) is 0 Å². The van der Waals surface area contributed by atoms with Crippen LogP contribution in [-0.2, 0) is 14.8 Å². The Morgan fingerprint density at radius 1 is 1.04 bits per heavy atom. The standard InChI is InChI=1S/C16H21ClN2O3S/c17-14-5-7-15(8-6-14)23(21,22)19-11-3-4-13(12-19)16(20)18-9-1-2-10-18/h5-8,13H,1-4,9-12H2/t13-/m1/s1. The van der Waals surface area contributed by atoms with Gasteiger partial charge in [0.1, 0.15) is 0 Å². The molecule has 5 nitrogen and oxygen atoms in total. The molecular weight excluding hydrogens is 336 g/mol. The topological polar surface area (TPSA) is 57.7 Å². The molecule has 2 fully saturated rings. The number of benzene rings is 1. The highest BCUT2D eigenvalue weighted by Crippen LogP contribution is 2.26. The summed E-state index contributed by atoms with van der Waals surface area (Å²) in [5, 5.41) is 0.504. The molecular formula is C16H21ClN2O3S. The number of carbonyl (C=O) groups excluding carboxylic acids is 1. The van der Waals surface area contributed by atoms with Crippen LogP contribution in [0.15, 0.2) is 29.2 Å². The summed E-state index contributed by atoms with van der Waals surface area (Å²) in [7, 11) is -3.56. The minimum atomic E-state index is -3.56. The molecule has 23 heavy (non-hydrogen) atoms. The zero-order chi connectivity index (χ0) is 16.4. The van der Waals surface area contributed by atoms with E-state index in [1.54, 1.807) is 12.1 Å². The number of hydrogen-bond acceptors (Lipinski definition) is 3. The smallest absolute Gasteiger partial charge is 0.243 e. The van der Waals surface area contributed by atoms with Crippen molar-refractivity contribution in [2.24, 2.45) is 5.92 Å². The van der Waals surface area contributed by atoms with Gasteiger partial charge in [-0.1, -0.05) is 11.6 Å². The van der Waals surface area contributed by atoms with Crippen LogP contribution in [0.3, 0.4) is 0 Å². The lowest BCUT2D eigenvalue weighted by atomic mass is 9.98. The molecule has 0 spiro atoms. The summed E-state index contributed by atoms with van der Waals surface area (Å²) < 4.78 is 26.9. The predicted octanol–water partition coefficient (Wildman–Crippen LogP) is 2.36. The van der Waals surface area contributed by atoms with E-state index in [1.165, 1.54) is 16.4 Å². The monoisotopic (exact) mass is 356 g/mol. The molecule has 2 saturated heterocycles. The van der Waals surface area contributed by atoms with E-state index in [4.69, 9.17) is 11.6 Å². The lowest BCUT2D eigenvalue weighted by molar-refractivity contribution is -0.135. The van der Waals surface area contributed by atoms with Crippen LogP contribution < -0.4 is 0 Å². The maximum Gasteiger partial charge on any atom is 0.243 e. The number of hydrogen-bond donors (Lipinski definition) is 0. The van der Waals surface area contributed by atoms with Crippen molar-refractivity contribution in [1.82, 2.24) is 9.21 Å². The lowest BCUT2D eigenvalue weighted by Gasteiger charge is -2.33. The van der Waals surface area contributed by atoms with Crippen molar-refractivity contribution in [2.75, 3.05) is 26.2 Å². The van der Waals surface area contributed by atoms with E-state index in [2.05, 4.69) is 0 Å². The van der Waals surface area contributed by atoms with Crippen LogP contribution in [0.5, 0.6) is 0 Å². The Morgan fingerprint density at radius 3 is 2.35 bits per heavy atom. The van der Waals surface area contributed by atoms with Crippen molar-refractivity contribution in [1.29, 1.82) is 0 Å². The summed E-state index contributed by atoms with van der Waals surface area (Å²) in [5.41, 5.74) is 0. The largest absolute Gasteiger partial charge is 0.342 e. The summed E-state index contributed by atoms with van der Waals surface area (Å²) in [4.78, 5) is 14.7. The zero-order valence-electron chi connectivity index (χ0n) is 12.9. The van der Waals surface area contributed by atoms with Gasteiger partial charge in [-0.05, 0) is 49.9 Å². The van der Waals surface area contributed by atoms with Crippen molar-refractivity contribution in [2.45, 2.75) is 30.6 Å². The average molecular weight is 357 g/mol. The van der Waals surface area contributed by atoms with Crippen LogP contribution in [0.1, 0.15) is 25.7 Å². The van der Waals surface area contributed by atoms with Gasteiger partial charge in [-0.2, -0.15) is 4.31 Å². The Balaban J connectivity index is 1.74. The molecule has 126 valence electrons. The molecule has 1 amide bonds. The quantitative estimate of drug-likeness (QED) is 0.835. The van der Waals surface area contributed by atoms with Crippen molar-refractivity contribution in [3.05, 3.63) is 29.3 Å². The van der Waals surface area contributed by atoms with Gasteiger partial charge in [-0.25, -0.2) is 8.42 Å². The average Bonchev–Trinajstić information content (AvgIpc) is 3.09. The van der Waals surface area contributed by atoms with Crippen molar-refractivity contribution >= 4 is 27.5 Å². The van der Waals surface area contributed by atoms with Crippen LogP contribution >= 0.6 is 11.6 Å². The fraction of sp³-hybridized carbons (Fsp3) is 0.562. The van der Waals surface area contributed by atoms with Gasteiger partial charge < -0.3 is 4.90 Å². The number of likely N-dealkylation sites (tertiary alicyclic amines) is 1. The molecule has 2 aliphatic heterocycles. The molecule has 0 bridgehead atoms. The van der Waals surface area contributed by atoms with E-state index in [-0.39, 0.29) is 23.3 Å². The molecule has 1 aromatic carbocycles. The minimum Gasteiger partial charge on any atom is -0.342 e. The molecule has 1 atom stereocenters. The van der Waals surface area contributed by atoms with E-state index in [0.29, 0.717) is 11.6 Å². The third kappa shape index (κ3) is 3.54. The predicted molar refractivity (Wildman–Crippen MR) is 88.7 cm³/mol. The number of halogens is 1. The Labute approximate surface area is 142 Å². The van der Waals surface area contributed by atoms with E-state index in [0.717, 1.165) is 38.8 Å². The molecule has 7 heteroatoms. The maximum atomic E-state index is 12.7. The SMILES string of the molecule is O=C([C@@H]1CCCN(S(=O)(=O)c2ccc(Cl)cc2)C1)N1CCCC1. The van der Waals surface area contributed by atoms with Gasteiger partial charge in [0, 0.05) is 31.2 Å². The Hall–Kier alpha value is -1.11. The summed E-state index contributed by atoms with van der Waals surface area (Å²) in [6.07, 6.45) is 3.58. The first-order chi connectivity index (χ1) is 11.0. The second kappa shape index (κ2) is 6.79.